The van der Waals surface area contributed by atoms with Crippen LogP contribution < -0.4 is 0 Å². The first kappa shape index (κ1) is 24.0. The Bertz CT molecular complexity index is 1250. The van der Waals surface area contributed by atoms with E-state index in [9.17, 15) is 9.90 Å². The summed E-state index contributed by atoms with van der Waals surface area (Å²) in [5, 5.41) is 10.1. The normalized spacial score (nSPS) is 13.9. The number of rotatable bonds is 6. The van der Waals surface area contributed by atoms with Crippen LogP contribution >= 0.6 is 34.2 Å². The fraction of sp³-hybridized carbons (Fsp3) is 0.167. The third-order valence-corrected chi connectivity index (χ3v) is 8.04. The molecule has 0 unspecified atom stereocenters. The van der Waals surface area contributed by atoms with E-state index in [1.807, 2.05) is 6.07 Å². The lowest BCUT2D eigenvalue weighted by atomic mass is 9.74. The summed E-state index contributed by atoms with van der Waals surface area (Å²) in [4.78, 5) is 14.5. The van der Waals surface area contributed by atoms with Gasteiger partial charge in [-0.05, 0) is 45.9 Å². The van der Waals surface area contributed by atoms with Crippen LogP contribution in [-0.4, -0.2) is 22.5 Å². The molecule has 0 radical (unpaired) electrons. The number of nitrogens with zero attached hydrogens (tertiary/aromatic N) is 1. The van der Waals surface area contributed by atoms with Gasteiger partial charge < -0.3 is 5.11 Å². The fourth-order valence-corrected chi connectivity index (χ4v) is 6.70. The van der Waals surface area contributed by atoms with Gasteiger partial charge in [-0.15, -0.1) is 0 Å². The third-order valence-electron chi connectivity index (χ3n) is 6.98. The predicted octanol–water partition coefficient (Wildman–Crippen LogP) is 7.32. The van der Waals surface area contributed by atoms with E-state index < -0.39 is 11.5 Å². The molecule has 4 aromatic rings. The van der Waals surface area contributed by atoms with Gasteiger partial charge in [-0.1, -0.05) is 125 Å². The van der Waals surface area contributed by atoms with E-state index in [1.54, 1.807) is 0 Å². The molecule has 3 nitrogen and oxygen atoms in total. The Morgan fingerprint density at radius 3 is 1.80 bits per heavy atom. The highest BCUT2D eigenvalue weighted by Crippen LogP contribution is 2.45. The lowest BCUT2D eigenvalue weighted by Crippen LogP contribution is -2.50. The summed E-state index contributed by atoms with van der Waals surface area (Å²) in [5.74, 6) is -0.959. The zero-order valence-electron chi connectivity index (χ0n) is 19.1. The van der Waals surface area contributed by atoms with E-state index in [4.69, 9.17) is 11.6 Å². The van der Waals surface area contributed by atoms with Crippen molar-refractivity contribution in [3.8, 4) is 0 Å². The second kappa shape index (κ2) is 10.1. The first-order chi connectivity index (χ1) is 17.1. The minimum atomic E-state index is -0.959. The second-order valence-electron chi connectivity index (χ2n) is 8.77. The van der Waals surface area contributed by atoms with Crippen LogP contribution in [-0.2, 0) is 22.9 Å². The lowest BCUT2D eigenvalue weighted by Gasteiger charge is -2.48. The highest BCUT2D eigenvalue weighted by Gasteiger charge is 2.43. The maximum Gasteiger partial charge on any atom is 0.337 e. The summed E-state index contributed by atoms with van der Waals surface area (Å²) in [7, 11) is 0. The smallest absolute Gasteiger partial charge is 0.337 e. The first-order valence-electron chi connectivity index (χ1n) is 11.6. The van der Waals surface area contributed by atoms with Gasteiger partial charge in [-0.25, -0.2) is 4.79 Å². The van der Waals surface area contributed by atoms with Gasteiger partial charge in [-0.2, -0.15) is 0 Å². The summed E-state index contributed by atoms with van der Waals surface area (Å²) in [5.41, 5.74) is 6.41. The zero-order chi connectivity index (χ0) is 24.4. The molecule has 0 saturated carbocycles. The van der Waals surface area contributed by atoms with Crippen molar-refractivity contribution in [3.63, 3.8) is 0 Å². The van der Waals surface area contributed by atoms with E-state index in [0.29, 0.717) is 16.0 Å². The van der Waals surface area contributed by atoms with Gasteiger partial charge in [0.15, 0.2) is 0 Å². The summed E-state index contributed by atoms with van der Waals surface area (Å²) >= 11 is 8.80. The van der Waals surface area contributed by atoms with E-state index in [1.165, 1.54) is 16.7 Å². The Morgan fingerprint density at radius 2 is 1.37 bits per heavy atom. The molecule has 1 aliphatic heterocycles. The largest absolute Gasteiger partial charge is 0.478 e. The Balaban J connectivity index is 1.75. The summed E-state index contributed by atoms with van der Waals surface area (Å²) in [6.07, 6.45) is 0.763. The van der Waals surface area contributed by atoms with Gasteiger partial charge in [0.1, 0.15) is 0 Å². The summed E-state index contributed by atoms with van der Waals surface area (Å²) < 4.78 is 0.615. The molecule has 0 aromatic heterocycles. The Kier molecular flexibility index (Phi) is 6.96. The van der Waals surface area contributed by atoms with E-state index in [2.05, 4.69) is 118 Å². The molecule has 0 spiro atoms. The number of carboxylic acid groups (broad SMARTS) is 1. The molecule has 0 amide bonds. The van der Waals surface area contributed by atoms with Gasteiger partial charge in [0.05, 0.1) is 16.1 Å². The molecule has 1 heterocycles. The highest BCUT2D eigenvalue weighted by molar-refractivity contribution is 14.1. The van der Waals surface area contributed by atoms with Gasteiger partial charge in [0, 0.05) is 17.5 Å². The van der Waals surface area contributed by atoms with Crippen molar-refractivity contribution in [1.82, 2.24) is 4.90 Å². The topological polar surface area (TPSA) is 40.5 Å². The highest BCUT2D eigenvalue weighted by atomic mass is 127. The average Bonchev–Trinajstić information content (AvgIpc) is 2.90. The number of hydrogen-bond donors (Lipinski definition) is 1. The molecule has 5 rings (SSSR count). The van der Waals surface area contributed by atoms with E-state index in [0.717, 1.165) is 29.7 Å². The molecule has 0 bridgehead atoms. The molecular weight excluding hydrogens is 569 g/mol. The molecule has 5 heteroatoms. The number of carbonyl (C=O) groups is 1. The number of carboxylic acids is 1. The molecule has 0 atom stereocenters. The maximum atomic E-state index is 12.0. The zero-order valence-corrected chi connectivity index (χ0v) is 22.0. The van der Waals surface area contributed by atoms with Crippen molar-refractivity contribution in [3.05, 3.63) is 141 Å². The third kappa shape index (κ3) is 4.18. The van der Waals surface area contributed by atoms with Crippen LogP contribution in [0.25, 0.3) is 0 Å². The molecule has 4 aromatic carbocycles. The van der Waals surface area contributed by atoms with Crippen molar-refractivity contribution in [2.24, 2.45) is 0 Å². The Hall–Kier alpha value is -2.67. The van der Waals surface area contributed by atoms with Crippen molar-refractivity contribution in [2.45, 2.75) is 22.9 Å². The maximum absolute atomic E-state index is 12.0. The summed E-state index contributed by atoms with van der Waals surface area (Å²) in [6.45, 7) is 1.45. The Labute approximate surface area is 224 Å². The Morgan fingerprint density at radius 1 is 0.886 bits per heavy atom. The van der Waals surface area contributed by atoms with E-state index >= 15 is 0 Å². The molecule has 0 saturated heterocycles. The van der Waals surface area contributed by atoms with Gasteiger partial charge in [0.2, 0.25) is 0 Å². The monoisotopic (exact) mass is 593 g/mol. The number of hydrogen-bond acceptors (Lipinski definition) is 2. The number of halogens is 2. The van der Waals surface area contributed by atoms with Crippen LogP contribution in [0.3, 0.4) is 0 Å². The van der Waals surface area contributed by atoms with Crippen LogP contribution in [0.1, 0.15) is 43.7 Å². The number of benzene rings is 4. The molecule has 0 aliphatic carbocycles. The van der Waals surface area contributed by atoms with Crippen LogP contribution in [0.2, 0.25) is 5.02 Å². The standard InChI is InChI=1S/C30H25ClINO2/c31-27-18-21-20-33(17-16-25(21)26(19-32)28(27)29(34)35)30(22-10-4-1-5-11-22,23-12-6-2-7-13-23)24-14-8-3-9-15-24/h1-15,18H,16-17,19-20H2,(H,34,35). The van der Waals surface area contributed by atoms with Crippen LogP contribution in [0.15, 0.2) is 97.1 Å². The quantitative estimate of drug-likeness (QED) is 0.145. The molecule has 176 valence electrons. The van der Waals surface area contributed by atoms with E-state index in [-0.39, 0.29) is 5.56 Å². The molecular formula is C30H25ClINO2. The SMILES string of the molecule is O=C(O)c1c(Cl)cc2c(c1CI)CCN(C(c1ccccc1)(c1ccccc1)c1ccccc1)C2. The van der Waals surface area contributed by atoms with Crippen LogP contribution in [0.4, 0.5) is 0 Å². The van der Waals surface area contributed by atoms with Crippen molar-refractivity contribution < 1.29 is 9.90 Å². The number of alkyl halides is 1. The number of fused-ring (bicyclic) bond motifs is 1. The lowest BCUT2D eigenvalue weighted by molar-refractivity contribution is 0.0695. The van der Waals surface area contributed by atoms with Crippen LogP contribution in [0.5, 0.6) is 0 Å². The minimum Gasteiger partial charge on any atom is -0.478 e. The van der Waals surface area contributed by atoms with Crippen molar-refractivity contribution in [2.75, 3.05) is 6.54 Å². The first-order valence-corrected chi connectivity index (χ1v) is 13.5. The van der Waals surface area contributed by atoms with Crippen LogP contribution in [0, 0.1) is 0 Å². The number of aromatic carboxylic acids is 1. The van der Waals surface area contributed by atoms with Gasteiger partial charge >= 0.3 is 5.97 Å². The molecule has 1 aliphatic rings. The molecule has 0 fully saturated rings. The average molecular weight is 594 g/mol. The van der Waals surface area contributed by atoms with Crippen molar-refractivity contribution in [1.29, 1.82) is 0 Å². The predicted molar refractivity (Wildman–Crippen MR) is 149 cm³/mol. The van der Waals surface area contributed by atoms with Gasteiger partial charge in [-0.3, -0.25) is 4.90 Å². The summed E-state index contributed by atoms with van der Waals surface area (Å²) in [6, 6.07) is 33.8. The fourth-order valence-electron chi connectivity index (χ4n) is 5.54. The van der Waals surface area contributed by atoms with Crippen molar-refractivity contribution >= 4 is 40.2 Å². The second-order valence-corrected chi connectivity index (χ2v) is 9.94. The minimum absolute atomic E-state index is 0.244. The molecule has 35 heavy (non-hydrogen) atoms. The van der Waals surface area contributed by atoms with Gasteiger partial charge in [0.25, 0.3) is 0 Å². The molecule has 1 N–H and O–H groups in total.